The summed E-state index contributed by atoms with van der Waals surface area (Å²) in [5, 5.41) is 3.45. The fraction of sp³-hybridized carbons (Fsp3) is 0.750. The van der Waals surface area contributed by atoms with Gasteiger partial charge in [0, 0.05) is 17.8 Å². The van der Waals surface area contributed by atoms with Crippen molar-refractivity contribution in [1.29, 1.82) is 0 Å². The van der Waals surface area contributed by atoms with E-state index in [0.29, 0.717) is 5.92 Å². The van der Waals surface area contributed by atoms with Crippen molar-refractivity contribution in [1.82, 2.24) is 15.3 Å². The van der Waals surface area contributed by atoms with Gasteiger partial charge >= 0.3 is 0 Å². The molecule has 1 unspecified atom stereocenters. The van der Waals surface area contributed by atoms with Crippen LogP contribution in [-0.4, -0.2) is 23.1 Å². The first kappa shape index (κ1) is 10.7. The Morgan fingerprint density at radius 1 is 1.53 bits per heavy atom. The van der Waals surface area contributed by atoms with Crippen LogP contribution in [0.1, 0.15) is 44.1 Å². The zero-order valence-electron chi connectivity index (χ0n) is 9.71. The fourth-order valence-electron chi connectivity index (χ4n) is 2.18. The fourth-order valence-corrected chi connectivity index (χ4v) is 2.18. The lowest BCUT2D eigenvalue weighted by Crippen LogP contribution is -2.30. The highest BCUT2D eigenvalue weighted by Crippen LogP contribution is 2.17. The van der Waals surface area contributed by atoms with Crippen LogP contribution >= 0.6 is 0 Å². The summed E-state index contributed by atoms with van der Waals surface area (Å²) in [4.78, 5) is 7.83. The Hall–Kier alpha value is -0.830. The number of nitrogens with one attached hydrogen (secondary N) is 2. The van der Waals surface area contributed by atoms with Crippen molar-refractivity contribution < 1.29 is 0 Å². The molecule has 15 heavy (non-hydrogen) atoms. The highest BCUT2D eigenvalue weighted by molar-refractivity contribution is 5.05. The van der Waals surface area contributed by atoms with E-state index in [9.17, 15) is 0 Å². The van der Waals surface area contributed by atoms with Gasteiger partial charge in [0.15, 0.2) is 0 Å². The lowest BCUT2D eigenvalue weighted by atomic mass is 9.95. The minimum atomic E-state index is 0.503. The summed E-state index contributed by atoms with van der Waals surface area (Å²) in [6, 6.07) is 0. The number of aromatic nitrogens is 2. The molecular weight excluding hydrogens is 186 g/mol. The molecule has 3 heteroatoms. The van der Waals surface area contributed by atoms with E-state index in [-0.39, 0.29) is 0 Å². The molecule has 0 spiro atoms. The molecule has 0 radical (unpaired) electrons. The van der Waals surface area contributed by atoms with E-state index in [1.165, 1.54) is 25.1 Å². The number of H-pyrrole nitrogens is 1. The number of hydrogen-bond acceptors (Lipinski definition) is 2. The Morgan fingerprint density at radius 2 is 2.40 bits per heavy atom. The number of aromatic amines is 1. The maximum Gasteiger partial charge on any atom is 0.108 e. The Labute approximate surface area is 91.7 Å². The summed E-state index contributed by atoms with van der Waals surface area (Å²) in [5.41, 5.74) is 1.30. The molecule has 3 nitrogen and oxygen atoms in total. The Balaban J connectivity index is 1.91. The SMILES string of the molecule is CC(C)c1ncc(CC2CCCNC2)[nH]1. The highest BCUT2D eigenvalue weighted by atomic mass is 14.9. The van der Waals surface area contributed by atoms with Crippen molar-refractivity contribution in [3.05, 3.63) is 17.7 Å². The van der Waals surface area contributed by atoms with Crippen LogP contribution in [0.15, 0.2) is 6.20 Å². The van der Waals surface area contributed by atoms with E-state index in [1.807, 2.05) is 6.20 Å². The van der Waals surface area contributed by atoms with Gasteiger partial charge in [-0.25, -0.2) is 4.98 Å². The van der Waals surface area contributed by atoms with Crippen molar-refractivity contribution in [3.8, 4) is 0 Å². The van der Waals surface area contributed by atoms with Crippen LogP contribution in [0.3, 0.4) is 0 Å². The van der Waals surface area contributed by atoms with Crippen molar-refractivity contribution in [2.24, 2.45) is 5.92 Å². The summed E-state index contributed by atoms with van der Waals surface area (Å²) in [6.07, 6.45) is 5.82. The summed E-state index contributed by atoms with van der Waals surface area (Å²) >= 11 is 0. The zero-order chi connectivity index (χ0) is 10.7. The predicted molar refractivity (Wildman–Crippen MR) is 62.0 cm³/mol. The molecule has 2 rings (SSSR count). The average molecular weight is 207 g/mol. The van der Waals surface area contributed by atoms with Gasteiger partial charge in [0.1, 0.15) is 5.82 Å². The van der Waals surface area contributed by atoms with Gasteiger partial charge in [0.25, 0.3) is 0 Å². The van der Waals surface area contributed by atoms with E-state index in [2.05, 4.69) is 29.1 Å². The maximum absolute atomic E-state index is 4.41. The molecular formula is C12H21N3. The number of rotatable bonds is 3. The first-order chi connectivity index (χ1) is 7.25. The summed E-state index contributed by atoms with van der Waals surface area (Å²) < 4.78 is 0. The van der Waals surface area contributed by atoms with E-state index in [0.717, 1.165) is 24.7 Å². The second kappa shape index (κ2) is 4.79. The summed E-state index contributed by atoms with van der Waals surface area (Å²) in [6.45, 7) is 6.70. The lowest BCUT2D eigenvalue weighted by molar-refractivity contribution is 0.374. The van der Waals surface area contributed by atoms with Gasteiger partial charge in [0.2, 0.25) is 0 Å². The van der Waals surface area contributed by atoms with Crippen molar-refractivity contribution in [3.63, 3.8) is 0 Å². The van der Waals surface area contributed by atoms with E-state index in [1.54, 1.807) is 0 Å². The molecule has 1 aromatic heterocycles. The molecule has 84 valence electrons. The normalized spacial score (nSPS) is 22.2. The molecule has 1 fully saturated rings. The van der Waals surface area contributed by atoms with Crippen LogP contribution in [-0.2, 0) is 6.42 Å². The van der Waals surface area contributed by atoms with Gasteiger partial charge in [-0.2, -0.15) is 0 Å². The smallest absolute Gasteiger partial charge is 0.108 e. The third-order valence-electron chi connectivity index (χ3n) is 3.10. The lowest BCUT2D eigenvalue weighted by Gasteiger charge is -2.21. The quantitative estimate of drug-likeness (QED) is 0.796. The minimum Gasteiger partial charge on any atom is -0.346 e. The first-order valence-electron chi connectivity index (χ1n) is 6.00. The predicted octanol–water partition coefficient (Wildman–Crippen LogP) is 2.08. The number of imidazole rings is 1. The topological polar surface area (TPSA) is 40.7 Å². The molecule has 0 aliphatic carbocycles. The summed E-state index contributed by atoms with van der Waals surface area (Å²) in [5.74, 6) is 2.41. The molecule has 1 saturated heterocycles. The third kappa shape index (κ3) is 2.81. The molecule has 0 amide bonds. The van der Waals surface area contributed by atoms with Crippen LogP contribution in [0, 0.1) is 5.92 Å². The van der Waals surface area contributed by atoms with Gasteiger partial charge in [-0.1, -0.05) is 13.8 Å². The van der Waals surface area contributed by atoms with Crippen LogP contribution in [0.25, 0.3) is 0 Å². The second-order valence-corrected chi connectivity index (χ2v) is 4.86. The molecule has 0 saturated carbocycles. The van der Waals surface area contributed by atoms with Gasteiger partial charge in [0.05, 0.1) is 0 Å². The first-order valence-corrected chi connectivity index (χ1v) is 6.00. The molecule has 0 bridgehead atoms. The molecule has 0 aromatic carbocycles. The van der Waals surface area contributed by atoms with E-state index in [4.69, 9.17) is 0 Å². The monoisotopic (exact) mass is 207 g/mol. The van der Waals surface area contributed by atoms with Crippen LogP contribution in [0.2, 0.25) is 0 Å². The van der Waals surface area contributed by atoms with Gasteiger partial charge in [-0.3, -0.25) is 0 Å². The van der Waals surface area contributed by atoms with Gasteiger partial charge in [-0.05, 0) is 38.3 Å². The molecule has 2 N–H and O–H groups in total. The molecule has 2 heterocycles. The van der Waals surface area contributed by atoms with Crippen LogP contribution in [0.5, 0.6) is 0 Å². The number of nitrogens with zero attached hydrogens (tertiary/aromatic N) is 1. The van der Waals surface area contributed by atoms with Crippen molar-refractivity contribution in [2.45, 2.75) is 39.0 Å². The number of hydrogen-bond donors (Lipinski definition) is 2. The average Bonchev–Trinajstić information content (AvgIpc) is 2.68. The minimum absolute atomic E-state index is 0.503. The number of piperidine rings is 1. The van der Waals surface area contributed by atoms with Gasteiger partial charge < -0.3 is 10.3 Å². The largest absolute Gasteiger partial charge is 0.346 e. The van der Waals surface area contributed by atoms with E-state index >= 15 is 0 Å². The highest BCUT2D eigenvalue weighted by Gasteiger charge is 2.14. The Kier molecular flexibility index (Phi) is 3.41. The van der Waals surface area contributed by atoms with Crippen LogP contribution in [0.4, 0.5) is 0 Å². The Morgan fingerprint density at radius 3 is 3.00 bits per heavy atom. The molecule has 1 aliphatic heterocycles. The maximum atomic E-state index is 4.41. The molecule has 1 atom stereocenters. The standard InChI is InChI=1S/C12H21N3/c1-9(2)12-14-8-11(15-12)6-10-4-3-5-13-7-10/h8-10,13H,3-7H2,1-2H3,(H,14,15). The molecule has 1 aliphatic rings. The van der Waals surface area contributed by atoms with Crippen molar-refractivity contribution in [2.75, 3.05) is 13.1 Å². The van der Waals surface area contributed by atoms with Crippen molar-refractivity contribution >= 4 is 0 Å². The van der Waals surface area contributed by atoms with Crippen LogP contribution < -0.4 is 5.32 Å². The Bertz CT molecular complexity index is 298. The van der Waals surface area contributed by atoms with Gasteiger partial charge in [-0.15, -0.1) is 0 Å². The molecule has 1 aromatic rings. The zero-order valence-corrected chi connectivity index (χ0v) is 9.71. The summed E-state index contributed by atoms with van der Waals surface area (Å²) in [7, 11) is 0. The second-order valence-electron chi connectivity index (χ2n) is 4.86. The van der Waals surface area contributed by atoms with E-state index < -0.39 is 0 Å². The third-order valence-corrected chi connectivity index (χ3v) is 3.10.